The maximum atomic E-state index is 12.8. The van der Waals surface area contributed by atoms with Crippen molar-refractivity contribution in [3.8, 4) is 0 Å². The van der Waals surface area contributed by atoms with Crippen LogP contribution in [0, 0.1) is 0 Å². The second-order valence-electron chi connectivity index (χ2n) is 7.39. The maximum absolute atomic E-state index is 12.8. The summed E-state index contributed by atoms with van der Waals surface area (Å²) in [5.41, 5.74) is 0.543. The van der Waals surface area contributed by atoms with Crippen molar-refractivity contribution >= 4 is 50.6 Å². The highest BCUT2D eigenvalue weighted by Crippen LogP contribution is 2.26. The Morgan fingerprint density at radius 3 is 2.48 bits per heavy atom. The molecule has 2 amide bonds. The summed E-state index contributed by atoms with van der Waals surface area (Å²) in [6, 6.07) is 9.52. The van der Waals surface area contributed by atoms with Gasteiger partial charge in [-0.3, -0.25) is 9.69 Å². The molecule has 0 aliphatic carbocycles. The van der Waals surface area contributed by atoms with Gasteiger partial charge in [0.1, 0.15) is 6.10 Å². The molecular weight excluding hydrogens is 462 g/mol. The van der Waals surface area contributed by atoms with Gasteiger partial charge in [-0.25, -0.2) is 13.2 Å². The van der Waals surface area contributed by atoms with Crippen molar-refractivity contribution in [3.63, 3.8) is 0 Å². The zero-order valence-electron chi connectivity index (χ0n) is 16.6. The van der Waals surface area contributed by atoms with Crippen LogP contribution < -0.4 is 10.2 Å². The topological polar surface area (TPSA) is 96.0 Å². The van der Waals surface area contributed by atoms with Gasteiger partial charge in [-0.1, -0.05) is 18.0 Å². The fourth-order valence-electron chi connectivity index (χ4n) is 3.62. The largest absolute Gasteiger partial charge is 0.442 e. The summed E-state index contributed by atoms with van der Waals surface area (Å²) in [5.74, 6) is -0.279. The van der Waals surface area contributed by atoms with E-state index in [4.69, 9.17) is 16.3 Å². The summed E-state index contributed by atoms with van der Waals surface area (Å²) in [6.45, 7) is 1.49. The summed E-state index contributed by atoms with van der Waals surface area (Å²) in [7, 11) is -3.53. The Morgan fingerprint density at radius 2 is 1.84 bits per heavy atom. The molecule has 11 heteroatoms. The van der Waals surface area contributed by atoms with Crippen molar-refractivity contribution in [2.45, 2.75) is 30.3 Å². The normalized spacial score (nSPS) is 20.0. The van der Waals surface area contributed by atoms with Gasteiger partial charge in [-0.05, 0) is 49.2 Å². The molecule has 2 aliphatic rings. The summed E-state index contributed by atoms with van der Waals surface area (Å²) < 4.78 is 32.9. The van der Waals surface area contributed by atoms with Gasteiger partial charge in [0, 0.05) is 18.8 Å². The third-order valence-electron chi connectivity index (χ3n) is 5.26. The lowest BCUT2D eigenvalue weighted by Crippen LogP contribution is -2.35. The molecule has 0 saturated carbocycles. The summed E-state index contributed by atoms with van der Waals surface area (Å²) in [6.07, 6.45) is 1.74. The number of nitrogens with one attached hydrogen (secondary N) is 1. The van der Waals surface area contributed by atoms with Crippen molar-refractivity contribution in [2.24, 2.45) is 0 Å². The van der Waals surface area contributed by atoms with E-state index in [2.05, 4.69) is 5.32 Å². The number of thiophene rings is 1. The van der Waals surface area contributed by atoms with Crippen LogP contribution in [0.5, 0.6) is 0 Å². The zero-order valence-corrected chi connectivity index (χ0v) is 19.0. The van der Waals surface area contributed by atoms with E-state index in [0.29, 0.717) is 28.0 Å². The van der Waals surface area contributed by atoms with E-state index >= 15 is 0 Å². The number of benzene rings is 1. The minimum Gasteiger partial charge on any atom is -0.442 e. The van der Waals surface area contributed by atoms with Crippen molar-refractivity contribution in [2.75, 3.05) is 31.1 Å². The van der Waals surface area contributed by atoms with E-state index in [1.807, 2.05) is 0 Å². The summed E-state index contributed by atoms with van der Waals surface area (Å²) in [5, 5.41) is 2.74. The number of hydrogen-bond donors (Lipinski definition) is 1. The van der Waals surface area contributed by atoms with E-state index in [9.17, 15) is 18.0 Å². The van der Waals surface area contributed by atoms with Gasteiger partial charge in [-0.2, -0.15) is 4.31 Å². The number of amides is 2. The first kappa shape index (κ1) is 22.1. The smallest absolute Gasteiger partial charge is 0.414 e. The Labute approximate surface area is 189 Å². The second-order valence-corrected chi connectivity index (χ2v) is 11.0. The minimum absolute atomic E-state index is 0.165. The number of hydrogen-bond acceptors (Lipinski definition) is 6. The summed E-state index contributed by atoms with van der Waals surface area (Å²) >= 11 is 7.02. The van der Waals surface area contributed by atoms with E-state index in [1.165, 1.54) is 32.7 Å². The highest BCUT2D eigenvalue weighted by Gasteiger charge is 2.33. The van der Waals surface area contributed by atoms with Crippen LogP contribution in [0.4, 0.5) is 10.5 Å². The van der Waals surface area contributed by atoms with Crippen LogP contribution in [-0.4, -0.2) is 57.0 Å². The molecule has 2 aliphatic heterocycles. The Bertz CT molecular complexity index is 1060. The molecule has 1 unspecified atom stereocenters. The molecule has 1 aromatic carbocycles. The van der Waals surface area contributed by atoms with E-state index in [-0.39, 0.29) is 23.9 Å². The molecule has 31 heavy (non-hydrogen) atoms. The van der Waals surface area contributed by atoms with Gasteiger partial charge in [0.2, 0.25) is 10.0 Å². The van der Waals surface area contributed by atoms with Crippen LogP contribution in [0.3, 0.4) is 0 Å². The quantitative estimate of drug-likeness (QED) is 0.679. The number of rotatable bonds is 6. The SMILES string of the molecule is O=C(NCC1CN(c2ccc(S(=O)(=O)N3CCCCC3)cc2)C(=O)O1)c1ccc(Cl)s1. The minimum atomic E-state index is -3.53. The highest BCUT2D eigenvalue weighted by molar-refractivity contribution is 7.89. The fraction of sp³-hybridized carbons (Fsp3) is 0.400. The van der Waals surface area contributed by atoms with E-state index in [1.54, 1.807) is 24.3 Å². The third kappa shape index (κ3) is 4.87. The van der Waals surface area contributed by atoms with Crippen LogP contribution >= 0.6 is 22.9 Å². The Morgan fingerprint density at radius 1 is 1.13 bits per heavy atom. The van der Waals surface area contributed by atoms with Crippen LogP contribution in [0.25, 0.3) is 0 Å². The van der Waals surface area contributed by atoms with Crippen LogP contribution in [-0.2, 0) is 14.8 Å². The van der Waals surface area contributed by atoms with Crippen molar-refractivity contribution in [1.29, 1.82) is 0 Å². The van der Waals surface area contributed by atoms with Gasteiger partial charge in [0.25, 0.3) is 5.91 Å². The Balaban J connectivity index is 1.37. The molecule has 1 N–H and O–H groups in total. The molecule has 1 atom stereocenters. The first-order valence-corrected chi connectivity index (χ1v) is 12.6. The van der Waals surface area contributed by atoms with Crippen molar-refractivity contribution in [1.82, 2.24) is 9.62 Å². The average molecular weight is 484 g/mol. The molecule has 0 bridgehead atoms. The number of carbonyl (C=O) groups is 2. The molecule has 2 fully saturated rings. The molecule has 4 rings (SSSR count). The zero-order chi connectivity index (χ0) is 22.0. The number of carbonyl (C=O) groups excluding carboxylic acids is 2. The average Bonchev–Trinajstić information content (AvgIpc) is 3.38. The van der Waals surface area contributed by atoms with E-state index in [0.717, 1.165) is 19.3 Å². The van der Waals surface area contributed by atoms with Gasteiger partial charge < -0.3 is 10.1 Å². The number of cyclic esters (lactones) is 1. The monoisotopic (exact) mass is 483 g/mol. The molecule has 2 saturated heterocycles. The Kier molecular flexibility index (Phi) is 6.52. The summed E-state index contributed by atoms with van der Waals surface area (Å²) in [4.78, 5) is 26.5. The van der Waals surface area contributed by atoms with Gasteiger partial charge in [-0.15, -0.1) is 11.3 Å². The van der Waals surface area contributed by atoms with Crippen molar-refractivity contribution < 1.29 is 22.7 Å². The van der Waals surface area contributed by atoms with Crippen LogP contribution in [0.2, 0.25) is 4.34 Å². The number of piperidine rings is 1. The van der Waals surface area contributed by atoms with Crippen LogP contribution in [0.1, 0.15) is 28.9 Å². The lowest BCUT2D eigenvalue weighted by atomic mass is 10.2. The second kappa shape index (κ2) is 9.15. The van der Waals surface area contributed by atoms with Gasteiger partial charge in [0.05, 0.1) is 27.2 Å². The maximum Gasteiger partial charge on any atom is 0.414 e. The standard InChI is InChI=1S/C20H22ClN3O5S2/c21-18-9-8-17(30-18)19(25)22-12-15-13-24(20(26)29-15)14-4-6-16(7-5-14)31(27,28)23-10-2-1-3-11-23/h4-9,15H,1-3,10-13H2,(H,22,25). The number of halogens is 1. The van der Waals surface area contributed by atoms with Crippen molar-refractivity contribution in [3.05, 3.63) is 45.6 Å². The molecule has 2 aromatic rings. The highest BCUT2D eigenvalue weighted by atomic mass is 35.5. The predicted octanol–water partition coefficient (Wildman–Crippen LogP) is 3.33. The lowest BCUT2D eigenvalue weighted by Gasteiger charge is -2.26. The molecule has 166 valence electrons. The molecule has 8 nitrogen and oxygen atoms in total. The molecular formula is C20H22ClN3O5S2. The molecule has 0 spiro atoms. The first-order chi connectivity index (χ1) is 14.8. The number of ether oxygens (including phenoxy) is 1. The first-order valence-electron chi connectivity index (χ1n) is 9.96. The van der Waals surface area contributed by atoms with Gasteiger partial charge in [0.15, 0.2) is 0 Å². The van der Waals surface area contributed by atoms with Crippen LogP contribution in [0.15, 0.2) is 41.3 Å². The fourth-order valence-corrected chi connectivity index (χ4v) is 6.10. The number of anilines is 1. The Hall–Kier alpha value is -2.14. The molecule has 0 radical (unpaired) electrons. The van der Waals surface area contributed by atoms with E-state index < -0.39 is 22.2 Å². The number of sulfonamides is 1. The predicted molar refractivity (Wildman–Crippen MR) is 118 cm³/mol. The lowest BCUT2D eigenvalue weighted by molar-refractivity contribution is 0.0920. The molecule has 3 heterocycles. The van der Waals surface area contributed by atoms with Gasteiger partial charge >= 0.3 is 6.09 Å². The molecule has 1 aromatic heterocycles. The third-order valence-corrected chi connectivity index (χ3v) is 8.41. The number of nitrogens with zero attached hydrogens (tertiary/aromatic N) is 2.